The maximum Gasteiger partial charge on any atom is 0.282 e. The van der Waals surface area contributed by atoms with E-state index in [1.165, 1.54) is 18.2 Å². The molecule has 134 valence electrons. The van der Waals surface area contributed by atoms with Crippen LogP contribution in [0.2, 0.25) is 0 Å². The molecule has 0 spiro atoms. The third kappa shape index (κ3) is 3.72. The van der Waals surface area contributed by atoms with Gasteiger partial charge in [0.15, 0.2) is 5.82 Å². The molecule has 26 heavy (non-hydrogen) atoms. The molecule has 0 atom stereocenters. The highest BCUT2D eigenvalue weighted by molar-refractivity contribution is 9.10. The topological polar surface area (TPSA) is 89.8 Å². The van der Waals surface area contributed by atoms with Crippen LogP contribution < -0.4 is 10.9 Å². The number of halogens is 4. The van der Waals surface area contributed by atoms with Crippen LogP contribution in [0.3, 0.4) is 0 Å². The Kier molecular flexibility index (Phi) is 4.98. The van der Waals surface area contributed by atoms with Gasteiger partial charge in [-0.25, -0.2) is 27.8 Å². The Hall–Kier alpha value is -2.82. The number of carbonyl (C=O) groups excluding carboxylic acids is 1. The molecule has 2 heterocycles. The fourth-order valence-corrected chi connectivity index (χ4v) is 2.59. The number of rotatable bonds is 4. The molecule has 0 aliphatic rings. The Balaban J connectivity index is 1.96. The van der Waals surface area contributed by atoms with Crippen molar-refractivity contribution in [3.63, 3.8) is 0 Å². The van der Waals surface area contributed by atoms with E-state index in [2.05, 4.69) is 36.3 Å². The van der Waals surface area contributed by atoms with E-state index in [0.717, 1.165) is 12.4 Å². The average Bonchev–Trinajstić information content (AvgIpc) is 2.59. The van der Waals surface area contributed by atoms with Gasteiger partial charge in [0.2, 0.25) is 11.9 Å². The maximum absolute atomic E-state index is 13.3. The predicted molar refractivity (Wildman–Crippen MR) is 89.3 cm³/mol. The summed E-state index contributed by atoms with van der Waals surface area (Å²) in [6.45, 7) is -0.637. The molecule has 1 amide bonds. The number of nitrogens with zero attached hydrogens (tertiary/aromatic N) is 4. The number of aromatic nitrogens is 4. The van der Waals surface area contributed by atoms with E-state index < -0.39 is 35.9 Å². The molecular formula is C15H9BrF3N5O2. The highest BCUT2D eigenvalue weighted by atomic mass is 79.9. The van der Waals surface area contributed by atoms with E-state index in [1.807, 2.05) is 0 Å². The molecule has 0 unspecified atom stereocenters. The number of nitrogens with one attached hydrogen (secondary N) is 1. The van der Waals surface area contributed by atoms with Crippen molar-refractivity contribution in [2.24, 2.45) is 0 Å². The van der Waals surface area contributed by atoms with Gasteiger partial charge in [-0.3, -0.25) is 14.9 Å². The quantitative estimate of drug-likeness (QED) is 0.691. The molecule has 1 aromatic carbocycles. The first-order valence-electron chi connectivity index (χ1n) is 7.11. The van der Waals surface area contributed by atoms with Crippen LogP contribution in [0.15, 0.2) is 39.9 Å². The van der Waals surface area contributed by atoms with Crippen LogP contribution in [0.25, 0.3) is 10.8 Å². The van der Waals surface area contributed by atoms with Crippen molar-refractivity contribution >= 4 is 38.6 Å². The molecule has 0 aliphatic carbocycles. The zero-order chi connectivity index (χ0) is 18.8. The van der Waals surface area contributed by atoms with Gasteiger partial charge in [-0.05, 0) is 12.1 Å². The highest BCUT2D eigenvalue weighted by Crippen LogP contribution is 2.25. The lowest BCUT2D eigenvalue weighted by Crippen LogP contribution is -2.31. The zero-order valence-electron chi connectivity index (χ0n) is 12.8. The number of hydrogen-bond acceptors (Lipinski definition) is 5. The van der Waals surface area contributed by atoms with E-state index >= 15 is 0 Å². The van der Waals surface area contributed by atoms with Gasteiger partial charge in [0.05, 0.1) is 17.8 Å². The summed E-state index contributed by atoms with van der Waals surface area (Å²) in [5.41, 5.74) is -1.32. The van der Waals surface area contributed by atoms with E-state index in [0.29, 0.717) is 9.15 Å². The van der Waals surface area contributed by atoms with E-state index in [-0.39, 0.29) is 16.7 Å². The largest absolute Gasteiger partial charge is 0.293 e. The second kappa shape index (κ2) is 7.20. The second-order valence-electron chi connectivity index (χ2n) is 5.11. The second-order valence-corrected chi connectivity index (χ2v) is 6.03. The number of fused-ring (bicyclic) bond motifs is 1. The van der Waals surface area contributed by atoms with Crippen molar-refractivity contribution in [2.45, 2.75) is 13.0 Å². The Morgan fingerprint density at radius 1 is 1.23 bits per heavy atom. The van der Waals surface area contributed by atoms with Crippen molar-refractivity contribution < 1.29 is 18.0 Å². The van der Waals surface area contributed by atoms with Gasteiger partial charge in [0.25, 0.3) is 12.0 Å². The molecule has 7 nitrogen and oxygen atoms in total. The third-order valence-corrected chi connectivity index (χ3v) is 3.82. The Bertz CT molecular complexity index is 1040. The minimum absolute atomic E-state index is 0.00416. The molecule has 3 rings (SSSR count). The normalized spacial score (nSPS) is 11.1. The number of anilines is 1. The summed E-state index contributed by atoms with van der Waals surface area (Å²) in [4.78, 5) is 31.6. The molecule has 0 bridgehead atoms. The zero-order valence-corrected chi connectivity index (χ0v) is 14.4. The molecular weight excluding hydrogens is 419 g/mol. The number of benzene rings is 1. The fourth-order valence-electron chi connectivity index (χ4n) is 2.23. The van der Waals surface area contributed by atoms with Crippen molar-refractivity contribution in [3.8, 4) is 0 Å². The summed E-state index contributed by atoms with van der Waals surface area (Å²) in [5.74, 6) is -1.66. The van der Waals surface area contributed by atoms with Crippen molar-refractivity contribution in [1.82, 2.24) is 19.7 Å². The number of amides is 1. The van der Waals surface area contributed by atoms with Crippen LogP contribution in [-0.4, -0.2) is 25.7 Å². The fraction of sp³-hybridized carbons (Fsp3) is 0.133. The molecule has 3 aromatic rings. The number of hydrogen-bond donors (Lipinski definition) is 1. The first kappa shape index (κ1) is 18.0. The first-order valence-corrected chi connectivity index (χ1v) is 7.90. The minimum Gasteiger partial charge on any atom is -0.293 e. The molecule has 0 saturated heterocycles. The van der Waals surface area contributed by atoms with Crippen molar-refractivity contribution in [3.05, 3.63) is 56.9 Å². The van der Waals surface area contributed by atoms with Gasteiger partial charge in [0, 0.05) is 9.86 Å². The minimum atomic E-state index is -2.94. The monoisotopic (exact) mass is 427 g/mol. The van der Waals surface area contributed by atoms with E-state index in [4.69, 9.17) is 0 Å². The van der Waals surface area contributed by atoms with Crippen LogP contribution in [0.5, 0.6) is 0 Å². The maximum atomic E-state index is 13.3. The molecule has 0 radical (unpaired) electrons. The van der Waals surface area contributed by atoms with Gasteiger partial charge < -0.3 is 0 Å². The standard InChI is InChI=1S/C15H9BrF3N5O2/c16-7-1-2-9-10(3-7)14(26)24(23-12(9)13(18)19)6-11(25)22-15-20-4-8(17)5-21-15/h1-5,13H,6H2,(H,20,21,22,25). The van der Waals surface area contributed by atoms with Crippen LogP contribution >= 0.6 is 15.9 Å². The lowest BCUT2D eigenvalue weighted by Gasteiger charge is -2.10. The van der Waals surface area contributed by atoms with Crippen LogP contribution in [0, 0.1) is 5.82 Å². The summed E-state index contributed by atoms with van der Waals surface area (Å²) < 4.78 is 40.5. The lowest BCUT2D eigenvalue weighted by atomic mass is 10.1. The van der Waals surface area contributed by atoms with Gasteiger partial charge in [-0.15, -0.1) is 0 Å². The number of alkyl halides is 2. The van der Waals surface area contributed by atoms with E-state index in [9.17, 15) is 22.8 Å². The third-order valence-electron chi connectivity index (χ3n) is 3.32. The summed E-state index contributed by atoms with van der Waals surface area (Å²) in [7, 11) is 0. The Labute approximate surface area is 152 Å². The molecule has 0 fully saturated rings. The van der Waals surface area contributed by atoms with Crippen LogP contribution in [-0.2, 0) is 11.3 Å². The average molecular weight is 428 g/mol. The molecule has 11 heteroatoms. The smallest absolute Gasteiger partial charge is 0.282 e. The highest BCUT2D eigenvalue weighted by Gasteiger charge is 2.19. The summed E-state index contributed by atoms with van der Waals surface area (Å²) >= 11 is 3.17. The lowest BCUT2D eigenvalue weighted by molar-refractivity contribution is -0.117. The summed E-state index contributed by atoms with van der Waals surface area (Å²) in [6, 6.07) is 4.24. The first-order chi connectivity index (χ1) is 12.3. The van der Waals surface area contributed by atoms with Crippen molar-refractivity contribution in [1.29, 1.82) is 0 Å². The molecule has 1 N–H and O–H groups in total. The molecule has 0 saturated carbocycles. The van der Waals surface area contributed by atoms with Gasteiger partial charge in [-0.1, -0.05) is 22.0 Å². The molecule has 0 aliphatic heterocycles. The van der Waals surface area contributed by atoms with Crippen molar-refractivity contribution in [2.75, 3.05) is 5.32 Å². The molecule has 2 aromatic heterocycles. The SMILES string of the molecule is O=C(Cn1nc(C(F)F)c2ccc(Br)cc2c1=O)Nc1ncc(F)cn1. The Morgan fingerprint density at radius 3 is 2.58 bits per heavy atom. The summed E-state index contributed by atoms with van der Waals surface area (Å²) in [6.07, 6.45) is -1.25. The van der Waals surface area contributed by atoms with Crippen LogP contribution in [0.4, 0.5) is 19.1 Å². The predicted octanol–water partition coefficient (Wildman–Crippen LogP) is 2.66. The van der Waals surface area contributed by atoms with E-state index in [1.54, 1.807) is 0 Å². The van der Waals surface area contributed by atoms with Gasteiger partial charge in [-0.2, -0.15) is 5.10 Å². The van der Waals surface area contributed by atoms with Crippen LogP contribution in [0.1, 0.15) is 12.1 Å². The Morgan fingerprint density at radius 2 is 1.92 bits per heavy atom. The summed E-state index contributed by atoms with van der Waals surface area (Å²) in [5, 5.41) is 5.83. The van der Waals surface area contributed by atoms with Gasteiger partial charge >= 0.3 is 0 Å². The van der Waals surface area contributed by atoms with Gasteiger partial charge in [0.1, 0.15) is 12.2 Å². The number of carbonyl (C=O) groups is 1.